The molecule has 0 bridgehead atoms. The van der Waals surface area contributed by atoms with Crippen LogP contribution in [0, 0.1) is 0 Å². The number of nitrogens with one attached hydrogen (secondary N) is 1. The number of hydrogen-bond donors (Lipinski definition) is 2. The summed E-state index contributed by atoms with van der Waals surface area (Å²) in [7, 11) is 1.49. The molecule has 0 aliphatic heterocycles. The van der Waals surface area contributed by atoms with E-state index in [0.29, 0.717) is 6.42 Å². The lowest BCUT2D eigenvalue weighted by Gasteiger charge is -2.18. The van der Waals surface area contributed by atoms with E-state index in [9.17, 15) is 9.59 Å². The van der Waals surface area contributed by atoms with Gasteiger partial charge in [0, 0.05) is 19.7 Å². The van der Waals surface area contributed by atoms with E-state index in [1.165, 1.54) is 19.2 Å². The first-order valence-corrected chi connectivity index (χ1v) is 6.63. The Morgan fingerprint density at radius 1 is 1.29 bits per heavy atom. The van der Waals surface area contributed by atoms with E-state index in [0.717, 1.165) is 10.2 Å². The number of rotatable bonds is 5. The second-order valence-corrected chi connectivity index (χ2v) is 4.63. The third kappa shape index (κ3) is 3.76. The lowest BCUT2D eigenvalue weighted by Crippen LogP contribution is -2.32. The Kier molecular flexibility index (Phi) is 4.84. The van der Waals surface area contributed by atoms with Crippen LogP contribution in [0.5, 0.6) is 0 Å². The number of carbonyl (C=O) groups excluding carboxylic acids is 1. The highest BCUT2D eigenvalue weighted by Gasteiger charge is 2.16. The summed E-state index contributed by atoms with van der Waals surface area (Å²) in [6, 6.07) is 11.8. The molecule has 1 heterocycles. The van der Waals surface area contributed by atoms with Crippen LogP contribution in [0.15, 0.2) is 47.3 Å². The van der Waals surface area contributed by atoms with E-state index in [2.05, 4.69) is 10.4 Å². The highest BCUT2D eigenvalue weighted by Crippen LogP contribution is 2.16. The summed E-state index contributed by atoms with van der Waals surface area (Å²) in [4.78, 5) is 23.5. The van der Waals surface area contributed by atoms with Crippen molar-refractivity contribution in [3.05, 3.63) is 64.1 Å². The first kappa shape index (κ1) is 14.9. The molecule has 0 aliphatic carbocycles. The Morgan fingerprint density at radius 3 is 2.62 bits per heavy atom. The minimum absolute atomic E-state index is 0.0411. The quantitative estimate of drug-likeness (QED) is 0.845. The summed E-state index contributed by atoms with van der Waals surface area (Å²) in [6.45, 7) is -0.0411. The van der Waals surface area contributed by atoms with Crippen molar-refractivity contribution < 1.29 is 9.90 Å². The van der Waals surface area contributed by atoms with Crippen molar-refractivity contribution >= 4 is 5.91 Å². The molecule has 110 valence electrons. The third-order valence-electron chi connectivity index (χ3n) is 3.12. The molecule has 0 aliphatic rings. The fraction of sp³-hybridized carbons (Fsp3) is 0.267. The van der Waals surface area contributed by atoms with Crippen molar-refractivity contribution in [3.8, 4) is 0 Å². The van der Waals surface area contributed by atoms with Crippen molar-refractivity contribution in [2.24, 2.45) is 7.05 Å². The van der Waals surface area contributed by atoms with Gasteiger partial charge in [-0.15, -0.1) is 0 Å². The van der Waals surface area contributed by atoms with Crippen molar-refractivity contribution in [1.29, 1.82) is 0 Å². The molecule has 6 heteroatoms. The molecular formula is C15H17N3O3. The molecule has 0 saturated carbocycles. The second-order valence-electron chi connectivity index (χ2n) is 4.63. The maximum Gasteiger partial charge on any atom is 0.272 e. The second kappa shape index (κ2) is 6.81. The first-order valence-electron chi connectivity index (χ1n) is 6.63. The Morgan fingerprint density at radius 2 is 2.00 bits per heavy atom. The van der Waals surface area contributed by atoms with Gasteiger partial charge >= 0.3 is 0 Å². The molecule has 0 radical (unpaired) electrons. The number of aliphatic hydroxyl groups excluding tert-OH is 1. The number of aryl methyl sites for hydroxylation is 1. The van der Waals surface area contributed by atoms with Crippen LogP contribution in [0.25, 0.3) is 0 Å². The van der Waals surface area contributed by atoms with Gasteiger partial charge in [0.15, 0.2) is 0 Å². The van der Waals surface area contributed by atoms with Gasteiger partial charge in [0.2, 0.25) is 0 Å². The maximum atomic E-state index is 12.2. The largest absolute Gasteiger partial charge is 0.396 e. The average Bonchev–Trinajstić information content (AvgIpc) is 2.50. The predicted molar refractivity (Wildman–Crippen MR) is 77.8 cm³/mol. The van der Waals surface area contributed by atoms with E-state index in [1.54, 1.807) is 0 Å². The van der Waals surface area contributed by atoms with Gasteiger partial charge in [-0.3, -0.25) is 9.59 Å². The normalized spacial score (nSPS) is 11.9. The SMILES string of the molecule is Cn1nc(C(=O)NC(CCO)c2ccccc2)ccc1=O. The fourth-order valence-corrected chi connectivity index (χ4v) is 1.99. The summed E-state index contributed by atoms with van der Waals surface area (Å²) in [5.74, 6) is -0.382. The van der Waals surface area contributed by atoms with Crippen molar-refractivity contribution in [3.63, 3.8) is 0 Å². The van der Waals surface area contributed by atoms with Gasteiger partial charge < -0.3 is 10.4 Å². The zero-order valence-electron chi connectivity index (χ0n) is 11.7. The van der Waals surface area contributed by atoms with E-state index in [-0.39, 0.29) is 29.8 Å². The number of carbonyl (C=O) groups is 1. The van der Waals surface area contributed by atoms with E-state index < -0.39 is 0 Å². The molecular weight excluding hydrogens is 270 g/mol. The molecule has 1 atom stereocenters. The number of aliphatic hydroxyl groups is 1. The van der Waals surface area contributed by atoms with Crippen LogP contribution in [0.3, 0.4) is 0 Å². The average molecular weight is 287 g/mol. The van der Waals surface area contributed by atoms with Crippen LogP contribution in [-0.4, -0.2) is 27.4 Å². The summed E-state index contributed by atoms with van der Waals surface area (Å²) < 4.78 is 1.11. The van der Waals surface area contributed by atoms with Crippen LogP contribution in [0.1, 0.15) is 28.5 Å². The molecule has 2 aromatic rings. The van der Waals surface area contributed by atoms with Crippen LogP contribution < -0.4 is 10.9 Å². The van der Waals surface area contributed by atoms with Crippen LogP contribution in [-0.2, 0) is 7.05 Å². The number of nitrogens with zero attached hydrogens (tertiary/aromatic N) is 2. The summed E-state index contributed by atoms with van der Waals surface area (Å²) in [5.41, 5.74) is 0.794. The topological polar surface area (TPSA) is 84.2 Å². The Balaban J connectivity index is 2.18. The summed E-state index contributed by atoms with van der Waals surface area (Å²) in [5, 5.41) is 15.9. The van der Waals surface area contributed by atoms with Crippen LogP contribution >= 0.6 is 0 Å². The van der Waals surface area contributed by atoms with Crippen molar-refractivity contribution in [2.75, 3.05) is 6.61 Å². The maximum absolute atomic E-state index is 12.2. The van der Waals surface area contributed by atoms with Gasteiger partial charge in [-0.1, -0.05) is 30.3 Å². The molecule has 1 aromatic carbocycles. The van der Waals surface area contributed by atoms with E-state index >= 15 is 0 Å². The Labute approximate surface area is 122 Å². The summed E-state index contributed by atoms with van der Waals surface area (Å²) >= 11 is 0. The minimum Gasteiger partial charge on any atom is -0.396 e. The lowest BCUT2D eigenvalue weighted by molar-refractivity contribution is 0.0922. The highest BCUT2D eigenvalue weighted by molar-refractivity contribution is 5.92. The van der Waals surface area contributed by atoms with Crippen molar-refractivity contribution in [1.82, 2.24) is 15.1 Å². The lowest BCUT2D eigenvalue weighted by atomic mass is 10.0. The van der Waals surface area contributed by atoms with Gasteiger partial charge in [0.1, 0.15) is 5.69 Å². The van der Waals surface area contributed by atoms with E-state index in [1.807, 2.05) is 30.3 Å². The molecule has 0 saturated heterocycles. The van der Waals surface area contributed by atoms with E-state index in [4.69, 9.17) is 5.11 Å². The number of benzene rings is 1. The molecule has 1 amide bonds. The van der Waals surface area contributed by atoms with Gasteiger partial charge in [0.05, 0.1) is 6.04 Å². The number of amides is 1. The first-order chi connectivity index (χ1) is 10.1. The smallest absolute Gasteiger partial charge is 0.272 e. The Hall–Kier alpha value is -2.47. The molecule has 2 N–H and O–H groups in total. The molecule has 2 rings (SSSR count). The summed E-state index contributed by atoms with van der Waals surface area (Å²) in [6.07, 6.45) is 0.404. The van der Waals surface area contributed by atoms with Crippen molar-refractivity contribution in [2.45, 2.75) is 12.5 Å². The molecule has 1 unspecified atom stereocenters. The highest BCUT2D eigenvalue weighted by atomic mass is 16.3. The predicted octanol–water partition coefficient (Wildman–Crippen LogP) is 0.634. The number of hydrogen-bond acceptors (Lipinski definition) is 4. The molecule has 0 spiro atoms. The monoisotopic (exact) mass is 287 g/mol. The van der Waals surface area contributed by atoms with Gasteiger partial charge in [-0.05, 0) is 18.1 Å². The number of aromatic nitrogens is 2. The molecule has 1 aromatic heterocycles. The van der Waals surface area contributed by atoms with Crippen LogP contribution in [0.4, 0.5) is 0 Å². The molecule has 6 nitrogen and oxygen atoms in total. The Bertz CT molecular complexity index is 667. The minimum atomic E-state index is -0.382. The van der Waals surface area contributed by atoms with Gasteiger partial charge in [0.25, 0.3) is 11.5 Å². The standard InChI is InChI=1S/C15H17N3O3/c1-18-14(20)8-7-13(17-18)15(21)16-12(9-10-19)11-5-3-2-4-6-11/h2-8,12,19H,9-10H2,1H3,(H,16,21). The fourth-order valence-electron chi connectivity index (χ4n) is 1.99. The van der Waals surface area contributed by atoms with Gasteiger partial charge in [-0.25, -0.2) is 4.68 Å². The van der Waals surface area contributed by atoms with Crippen LogP contribution in [0.2, 0.25) is 0 Å². The molecule has 0 fully saturated rings. The zero-order chi connectivity index (χ0) is 15.2. The molecule has 21 heavy (non-hydrogen) atoms. The van der Waals surface area contributed by atoms with Gasteiger partial charge in [-0.2, -0.15) is 5.10 Å². The third-order valence-corrected chi connectivity index (χ3v) is 3.12. The zero-order valence-corrected chi connectivity index (χ0v) is 11.7.